The number of para-hydroxylation sites is 1. The van der Waals surface area contributed by atoms with Crippen molar-refractivity contribution in [1.29, 1.82) is 0 Å². The molecule has 10 heteroatoms. The molecule has 0 radical (unpaired) electrons. The van der Waals surface area contributed by atoms with Gasteiger partial charge in [0.15, 0.2) is 0 Å². The van der Waals surface area contributed by atoms with E-state index in [1.54, 1.807) is 0 Å². The summed E-state index contributed by atoms with van der Waals surface area (Å²) < 4.78 is 5.35. The van der Waals surface area contributed by atoms with Gasteiger partial charge < -0.3 is 24.7 Å². The van der Waals surface area contributed by atoms with Gasteiger partial charge in [0, 0.05) is 54.8 Å². The van der Waals surface area contributed by atoms with Crippen molar-refractivity contribution in [3.8, 4) is 0 Å². The number of aliphatic carboxylic acids is 2. The Labute approximate surface area is 222 Å². The van der Waals surface area contributed by atoms with Crippen LogP contribution in [0.3, 0.4) is 0 Å². The van der Waals surface area contributed by atoms with E-state index >= 15 is 0 Å². The van der Waals surface area contributed by atoms with Crippen molar-refractivity contribution in [3.63, 3.8) is 0 Å². The van der Waals surface area contributed by atoms with E-state index < -0.39 is 11.9 Å². The first-order valence-corrected chi connectivity index (χ1v) is 12.8. The van der Waals surface area contributed by atoms with Crippen LogP contribution in [-0.2, 0) is 14.3 Å². The Balaban J connectivity index is 0.000000368. The van der Waals surface area contributed by atoms with Gasteiger partial charge in [-0.25, -0.2) is 14.6 Å². The van der Waals surface area contributed by atoms with Crippen LogP contribution in [0, 0.1) is 5.92 Å². The van der Waals surface area contributed by atoms with Gasteiger partial charge in [0.2, 0.25) is 0 Å². The third-order valence-electron chi connectivity index (χ3n) is 7.03. The number of benzene rings is 2. The molecule has 2 aromatic rings. The summed E-state index contributed by atoms with van der Waals surface area (Å²) in [4.78, 5) is 36.8. The fraction of sp³-hybridized carbons (Fsp3) is 0.393. The first kappa shape index (κ1) is 27.3. The number of anilines is 2. The molecule has 3 N–H and O–H groups in total. The first-order valence-electron chi connectivity index (χ1n) is 12.8. The second kappa shape index (κ2) is 13.2. The van der Waals surface area contributed by atoms with Crippen LogP contribution >= 0.6 is 0 Å². The fourth-order valence-electron chi connectivity index (χ4n) is 5.15. The summed E-state index contributed by atoms with van der Waals surface area (Å²) in [6.45, 7) is 6.33. The van der Waals surface area contributed by atoms with Gasteiger partial charge in [-0.15, -0.1) is 0 Å². The molecule has 6 rings (SSSR count). The van der Waals surface area contributed by atoms with Gasteiger partial charge in [-0.1, -0.05) is 18.2 Å². The smallest absolute Gasteiger partial charge is 0.328 e. The number of carboxylic acids is 2. The standard InChI is InChI=1S/C24H30N4O2.C4H4O4/c29-24(25-27-14-16-30-17-15-27)20-6-8-22(9-7-20)28(21-4-2-1-3-5-21)23-18-26-12-10-19(23)11-13-26;5-3(6)1-2-4(7)8/h1-9,19,23H,10-18H2,(H,25,29);1-2H,(H,5,6)(H,7,8)/b;2-1+. The Bertz CT molecular complexity index is 1090. The fourth-order valence-corrected chi connectivity index (χ4v) is 5.15. The van der Waals surface area contributed by atoms with Gasteiger partial charge >= 0.3 is 11.9 Å². The Morgan fingerprint density at radius 1 is 0.842 bits per heavy atom. The SMILES string of the molecule is O=C(NN1CCOCC1)c1ccc(N(c2ccccc2)C2CN3CCC2CC3)cc1.O=C(O)/C=C/C(=O)O. The van der Waals surface area contributed by atoms with Crippen LogP contribution in [0.1, 0.15) is 23.2 Å². The lowest BCUT2D eigenvalue weighted by Crippen LogP contribution is -2.56. The highest BCUT2D eigenvalue weighted by Gasteiger charge is 2.38. The molecular weight excluding hydrogens is 488 g/mol. The van der Waals surface area contributed by atoms with E-state index in [1.807, 2.05) is 17.1 Å². The number of carbonyl (C=O) groups excluding carboxylic acids is 1. The largest absolute Gasteiger partial charge is 0.478 e. The number of morpholine rings is 1. The number of nitrogens with one attached hydrogen (secondary N) is 1. The number of ether oxygens (including phenoxy) is 1. The average molecular weight is 523 g/mol. The number of hydrazine groups is 1. The van der Waals surface area contributed by atoms with Crippen LogP contribution in [0.5, 0.6) is 0 Å². The molecule has 4 heterocycles. The molecule has 4 saturated heterocycles. The molecule has 10 nitrogen and oxygen atoms in total. The molecule has 0 aromatic heterocycles. The third-order valence-corrected chi connectivity index (χ3v) is 7.03. The summed E-state index contributed by atoms with van der Waals surface area (Å²) in [6.07, 6.45) is 3.66. The zero-order chi connectivity index (χ0) is 26.9. The topological polar surface area (TPSA) is 123 Å². The van der Waals surface area contributed by atoms with E-state index in [9.17, 15) is 14.4 Å². The minimum atomic E-state index is -1.26. The Morgan fingerprint density at radius 3 is 1.95 bits per heavy atom. The normalized spacial score (nSPS) is 22.8. The van der Waals surface area contributed by atoms with Crippen LogP contribution in [0.25, 0.3) is 0 Å². The molecule has 1 atom stereocenters. The second-order valence-corrected chi connectivity index (χ2v) is 9.51. The van der Waals surface area contributed by atoms with E-state index in [2.05, 4.69) is 57.7 Å². The van der Waals surface area contributed by atoms with E-state index in [4.69, 9.17) is 14.9 Å². The quantitative estimate of drug-likeness (QED) is 0.471. The van der Waals surface area contributed by atoms with Gasteiger partial charge in [-0.2, -0.15) is 0 Å². The summed E-state index contributed by atoms with van der Waals surface area (Å²) in [7, 11) is 0. The van der Waals surface area contributed by atoms with E-state index in [0.717, 1.165) is 31.2 Å². The molecule has 4 fully saturated rings. The summed E-state index contributed by atoms with van der Waals surface area (Å²) in [5.41, 5.74) is 6.06. The van der Waals surface area contributed by atoms with Crippen LogP contribution in [0.2, 0.25) is 0 Å². The maximum Gasteiger partial charge on any atom is 0.328 e. The zero-order valence-corrected chi connectivity index (χ0v) is 21.2. The van der Waals surface area contributed by atoms with Gasteiger partial charge in [-0.05, 0) is 68.2 Å². The van der Waals surface area contributed by atoms with Crippen molar-refractivity contribution >= 4 is 29.2 Å². The number of carbonyl (C=O) groups is 3. The molecular formula is C28H34N4O6. The molecule has 38 heavy (non-hydrogen) atoms. The van der Waals surface area contributed by atoms with E-state index in [-0.39, 0.29) is 5.91 Å². The van der Waals surface area contributed by atoms with Crippen molar-refractivity contribution in [1.82, 2.24) is 15.3 Å². The maximum atomic E-state index is 12.7. The van der Waals surface area contributed by atoms with Crippen molar-refractivity contribution in [2.45, 2.75) is 18.9 Å². The number of carboxylic acid groups (broad SMARTS) is 2. The molecule has 0 aliphatic carbocycles. The molecule has 1 amide bonds. The molecule has 2 bridgehead atoms. The number of amides is 1. The van der Waals surface area contributed by atoms with Gasteiger partial charge in [0.1, 0.15) is 0 Å². The molecule has 202 valence electrons. The predicted octanol–water partition coefficient (Wildman–Crippen LogP) is 2.61. The van der Waals surface area contributed by atoms with E-state index in [0.29, 0.717) is 37.0 Å². The number of rotatable bonds is 7. The van der Waals surface area contributed by atoms with Crippen molar-refractivity contribution in [2.75, 3.05) is 50.8 Å². The Morgan fingerprint density at radius 2 is 1.42 bits per heavy atom. The number of hydrogen-bond acceptors (Lipinski definition) is 7. The molecule has 4 aliphatic rings. The maximum absolute atomic E-state index is 12.7. The molecule has 0 spiro atoms. The van der Waals surface area contributed by atoms with Gasteiger partial charge in [0.05, 0.1) is 13.2 Å². The highest BCUT2D eigenvalue weighted by molar-refractivity contribution is 5.94. The highest BCUT2D eigenvalue weighted by Crippen LogP contribution is 2.38. The summed E-state index contributed by atoms with van der Waals surface area (Å²) in [5, 5.41) is 17.6. The average Bonchev–Trinajstić information content (AvgIpc) is 2.95. The van der Waals surface area contributed by atoms with E-state index in [1.165, 1.54) is 31.6 Å². The molecule has 2 aromatic carbocycles. The summed E-state index contributed by atoms with van der Waals surface area (Å²) >= 11 is 0. The van der Waals surface area contributed by atoms with Crippen LogP contribution in [0.4, 0.5) is 11.4 Å². The van der Waals surface area contributed by atoms with Crippen LogP contribution < -0.4 is 10.3 Å². The lowest BCUT2D eigenvalue weighted by molar-refractivity contribution is -0.134. The second-order valence-electron chi connectivity index (χ2n) is 9.51. The predicted molar refractivity (Wildman–Crippen MR) is 142 cm³/mol. The molecule has 1 unspecified atom stereocenters. The zero-order valence-electron chi connectivity index (χ0n) is 21.2. The van der Waals surface area contributed by atoms with Crippen LogP contribution in [0.15, 0.2) is 66.7 Å². The number of nitrogens with zero attached hydrogens (tertiary/aromatic N) is 3. The van der Waals surface area contributed by atoms with Crippen molar-refractivity contribution in [2.24, 2.45) is 5.92 Å². The number of piperidine rings is 3. The van der Waals surface area contributed by atoms with Gasteiger partial charge in [0.25, 0.3) is 5.91 Å². The van der Waals surface area contributed by atoms with Gasteiger partial charge in [-0.3, -0.25) is 10.2 Å². The Hall–Kier alpha value is -3.73. The number of hydrogen-bond donors (Lipinski definition) is 3. The molecule has 4 aliphatic heterocycles. The summed E-state index contributed by atoms with van der Waals surface area (Å²) in [5.74, 6) is -1.85. The third kappa shape index (κ3) is 7.41. The van der Waals surface area contributed by atoms with Crippen molar-refractivity contribution < 1.29 is 29.3 Å². The summed E-state index contributed by atoms with van der Waals surface area (Å²) in [6, 6.07) is 19.2. The van der Waals surface area contributed by atoms with Crippen molar-refractivity contribution in [3.05, 3.63) is 72.3 Å². The van der Waals surface area contributed by atoms with Crippen LogP contribution in [-0.4, -0.2) is 89.9 Å². The minimum Gasteiger partial charge on any atom is -0.478 e. The molecule has 0 saturated carbocycles. The Kier molecular flexibility index (Phi) is 9.47. The number of fused-ring (bicyclic) bond motifs is 3. The lowest BCUT2D eigenvalue weighted by atomic mass is 9.82. The minimum absolute atomic E-state index is 0.0578. The lowest BCUT2D eigenvalue weighted by Gasteiger charge is -2.49. The highest BCUT2D eigenvalue weighted by atomic mass is 16.5. The first-order chi connectivity index (χ1) is 18.4. The monoisotopic (exact) mass is 522 g/mol.